The molecular weight excluding hydrogens is 275 g/mol. The summed E-state index contributed by atoms with van der Waals surface area (Å²) in [6, 6.07) is 3.25. The molecule has 1 unspecified atom stereocenters. The number of carbonyl (C=O) groups is 1. The molecule has 1 aromatic carbocycles. The number of hydrogen-bond acceptors (Lipinski definition) is 4. The third-order valence-electron chi connectivity index (χ3n) is 2.70. The van der Waals surface area contributed by atoms with Gasteiger partial charge < -0.3 is 15.2 Å². The van der Waals surface area contributed by atoms with Gasteiger partial charge in [0.1, 0.15) is 6.10 Å². The molecule has 0 aliphatic rings. The molecule has 0 aliphatic heterocycles. The van der Waals surface area contributed by atoms with Gasteiger partial charge in [-0.1, -0.05) is 13.8 Å². The predicted octanol–water partition coefficient (Wildman–Crippen LogP) is 3.37. The highest BCUT2D eigenvalue weighted by Gasteiger charge is 2.32. The Morgan fingerprint density at radius 2 is 1.85 bits per heavy atom. The summed E-state index contributed by atoms with van der Waals surface area (Å²) in [6.45, 7) is 5.49. The Morgan fingerprint density at radius 1 is 1.25 bits per heavy atom. The van der Waals surface area contributed by atoms with Crippen LogP contribution in [0, 0.1) is 5.92 Å². The Hall–Kier alpha value is -1.92. The van der Waals surface area contributed by atoms with E-state index < -0.39 is 18.1 Å². The maximum Gasteiger partial charge on any atom is 0.573 e. The van der Waals surface area contributed by atoms with Crippen molar-refractivity contribution in [3.63, 3.8) is 0 Å². The number of nitrogen functional groups attached to an aromatic ring is 1. The summed E-state index contributed by atoms with van der Waals surface area (Å²) in [6.07, 6.45) is -5.14. The van der Waals surface area contributed by atoms with E-state index in [0.29, 0.717) is 0 Å². The van der Waals surface area contributed by atoms with Crippen molar-refractivity contribution in [1.29, 1.82) is 0 Å². The number of hydrogen-bond donors (Lipinski definition) is 1. The fraction of sp³-hybridized carbons (Fsp3) is 0.462. The van der Waals surface area contributed by atoms with Crippen molar-refractivity contribution in [2.45, 2.75) is 33.2 Å². The van der Waals surface area contributed by atoms with Gasteiger partial charge in [0.2, 0.25) is 0 Å². The number of anilines is 1. The molecule has 1 aromatic rings. The molecule has 1 rings (SSSR count). The average molecular weight is 291 g/mol. The molecular formula is C13H16F3NO3. The molecule has 0 spiro atoms. The number of ether oxygens (including phenoxy) is 2. The molecule has 112 valence electrons. The summed E-state index contributed by atoms with van der Waals surface area (Å²) < 4.78 is 45.1. The van der Waals surface area contributed by atoms with E-state index in [1.807, 2.05) is 13.8 Å². The van der Waals surface area contributed by atoms with Gasteiger partial charge in [-0.3, -0.25) is 0 Å². The number of halogens is 3. The number of benzene rings is 1. The first kappa shape index (κ1) is 16.1. The normalized spacial score (nSPS) is 13.2. The smallest absolute Gasteiger partial charge is 0.459 e. The van der Waals surface area contributed by atoms with E-state index in [-0.39, 0.29) is 23.3 Å². The van der Waals surface area contributed by atoms with Gasteiger partial charge in [0.05, 0.1) is 11.3 Å². The van der Waals surface area contributed by atoms with Crippen LogP contribution in [0.5, 0.6) is 5.75 Å². The van der Waals surface area contributed by atoms with Crippen molar-refractivity contribution < 1.29 is 27.4 Å². The van der Waals surface area contributed by atoms with Crippen LogP contribution in [-0.4, -0.2) is 18.4 Å². The topological polar surface area (TPSA) is 61.5 Å². The Morgan fingerprint density at radius 3 is 2.30 bits per heavy atom. The Bertz CT molecular complexity index is 486. The molecule has 0 bridgehead atoms. The minimum absolute atomic E-state index is 0.0736. The average Bonchev–Trinajstić information content (AvgIpc) is 2.29. The highest BCUT2D eigenvalue weighted by atomic mass is 19.4. The standard InChI is InChI=1S/C13H16F3NO3/c1-7(2)8(3)19-12(18)9-4-5-11(10(17)6-9)20-13(14,15)16/h4-8H,17H2,1-3H3. The van der Waals surface area contributed by atoms with Crippen molar-refractivity contribution >= 4 is 11.7 Å². The van der Waals surface area contributed by atoms with Crippen LogP contribution in [-0.2, 0) is 4.74 Å². The van der Waals surface area contributed by atoms with Crippen LogP contribution in [0.1, 0.15) is 31.1 Å². The van der Waals surface area contributed by atoms with E-state index in [0.717, 1.165) is 12.1 Å². The van der Waals surface area contributed by atoms with Gasteiger partial charge in [-0.25, -0.2) is 4.79 Å². The molecule has 0 radical (unpaired) electrons. The molecule has 4 nitrogen and oxygen atoms in total. The van der Waals surface area contributed by atoms with Gasteiger partial charge in [0.15, 0.2) is 5.75 Å². The molecule has 0 heterocycles. The molecule has 0 saturated heterocycles. The predicted molar refractivity (Wildman–Crippen MR) is 67.3 cm³/mol. The van der Waals surface area contributed by atoms with Crippen molar-refractivity contribution in [2.75, 3.05) is 5.73 Å². The molecule has 20 heavy (non-hydrogen) atoms. The molecule has 1 atom stereocenters. The lowest BCUT2D eigenvalue weighted by atomic mass is 10.1. The third kappa shape index (κ3) is 4.64. The van der Waals surface area contributed by atoms with Crippen LogP contribution in [0.25, 0.3) is 0 Å². The first-order chi connectivity index (χ1) is 9.10. The van der Waals surface area contributed by atoms with Gasteiger partial charge in [0, 0.05) is 0 Å². The summed E-state index contributed by atoms with van der Waals surface area (Å²) >= 11 is 0. The minimum Gasteiger partial charge on any atom is -0.459 e. The lowest BCUT2D eigenvalue weighted by molar-refractivity contribution is -0.274. The molecule has 0 fully saturated rings. The van der Waals surface area contributed by atoms with E-state index in [1.165, 1.54) is 6.07 Å². The van der Waals surface area contributed by atoms with Crippen LogP contribution in [0.15, 0.2) is 18.2 Å². The zero-order chi connectivity index (χ0) is 15.5. The largest absolute Gasteiger partial charge is 0.573 e. The highest BCUT2D eigenvalue weighted by molar-refractivity contribution is 5.91. The second-order valence-corrected chi connectivity index (χ2v) is 4.65. The third-order valence-corrected chi connectivity index (χ3v) is 2.70. The summed E-state index contributed by atoms with van der Waals surface area (Å²) in [5, 5.41) is 0. The maximum atomic E-state index is 12.1. The zero-order valence-corrected chi connectivity index (χ0v) is 11.3. The SMILES string of the molecule is CC(C)C(C)OC(=O)c1ccc(OC(F)(F)F)c(N)c1. The van der Waals surface area contributed by atoms with Gasteiger partial charge in [-0.05, 0) is 31.0 Å². The van der Waals surface area contributed by atoms with E-state index in [1.54, 1.807) is 6.92 Å². The van der Waals surface area contributed by atoms with Crippen LogP contribution in [0.2, 0.25) is 0 Å². The number of esters is 1. The fourth-order valence-corrected chi connectivity index (χ4v) is 1.27. The van der Waals surface area contributed by atoms with Crippen LogP contribution >= 0.6 is 0 Å². The first-order valence-corrected chi connectivity index (χ1v) is 5.96. The van der Waals surface area contributed by atoms with Gasteiger partial charge in [-0.15, -0.1) is 13.2 Å². The lowest BCUT2D eigenvalue weighted by Crippen LogP contribution is -2.21. The van der Waals surface area contributed by atoms with Crippen molar-refractivity contribution in [2.24, 2.45) is 5.92 Å². The summed E-state index contributed by atoms with van der Waals surface area (Å²) in [4.78, 5) is 11.8. The molecule has 0 saturated carbocycles. The van der Waals surface area contributed by atoms with Crippen molar-refractivity contribution in [3.05, 3.63) is 23.8 Å². The molecule has 7 heteroatoms. The van der Waals surface area contributed by atoms with E-state index in [4.69, 9.17) is 10.5 Å². The zero-order valence-electron chi connectivity index (χ0n) is 11.3. The minimum atomic E-state index is -4.83. The molecule has 0 amide bonds. The number of nitrogens with two attached hydrogens (primary N) is 1. The monoisotopic (exact) mass is 291 g/mol. The Kier molecular flexibility index (Phi) is 4.86. The Balaban J connectivity index is 2.84. The summed E-state index contributed by atoms with van der Waals surface area (Å²) in [5.41, 5.74) is 5.21. The number of alkyl halides is 3. The van der Waals surface area contributed by atoms with Crippen molar-refractivity contribution in [1.82, 2.24) is 0 Å². The van der Waals surface area contributed by atoms with Crippen LogP contribution in [0.3, 0.4) is 0 Å². The lowest BCUT2D eigenvalue weighted by Gasteiger charge is -2.17. The molecule has 0 aromatic heterocycles. The first-order valence-electron chi connectivity index (χ1n) is 5.96. The van der Waals surface area contributed by atoms with E-state index in [2.05, 4.69) is 4.74 Å². The van der Waals surface area contributed by atoms with Gasteiger partial charge >= 0.3 is 12.3 Å². The van der Waals surface area contributed by atoms with Gasteiger partial charge in [0.25, 0.3) is 0 Å². The molecule has 0 aliphatic carbocycles. The van der Waals surface area contributed by atoms with E-state index in [9.17, 15) is 18.0 Å². The molecule has 2 N–H and O–H groups in total. The fourth-order valence-electron chi connectivity index (χ4n) is 1.27. The number of rotatable bonds is 4. The Labute approximate surface area is 114 Å². The van der Waals surface area contributed by atoms with Crippen molar-refractivity contribution in [3.8, 4) is 5.75 Å². The summed E-state index contributed by atoms with van der Waals surface area (Å²) in [5.74, 6) is -1.06. The van der Waals surface area contributed by atoms with E-state index >= 15 is 0 Å². The second-order valence-electron chi connectivity index (χ2n) is 4.65. The maximum absolute atomic E-state index is 12.1. The quantitative estimate of drug-likeness (QED) is 0.682. The van der Waals surface area contributed by atoms with Gasteiger partial charge in [-0.2, -0.15) is 0 Å². The highest BCUT2D eigenvalue weighted by Crippen LogP contribution is 2.29. The summed E-state index contributed by atoms with van der Waals surface area (Å²) in [7, 11) is 0. The van der Waals surface area contributed by atoms with Crippen LogP contribution < -0.4 is 10.5 Å². The van der Waals surface area contributed by atoms with Crippen LogP contribution in [0.4, 0.5) is 18.9 Å². The number of carbonyl (C=O) groups excluding carboxylic acids is 1. The second kappa shape index (κ2) is 6.02.